The molecule has 7 heteroatoms. The maximum Gasteiger partial charge on any atom is 0.321 e. The van der Waals surface area contributed by atoms with Crippen LogP contribution in [-0.4, -0.2) is 50.7 Å². The van der Waals surface area contributed by atoms with Gasteiger partial charge in [-0.2, -0.15) is 0 Å². The second kappa shape index (κ2) is 10.1. The van der Waals surface area contributed by atoms with Crippen LogP contribution >= 0.6 is 0 Å². The normalized spacial score (nSPS) is 10.0. The second-order valence-corrected chi connectivity index (χ2v) is 5.81. The van der Waals surface area contributed by atoms with Crippen LogP contribution in [0.25, 0.3) is 0 Å². The minimum Gasteiger partial charge on any atom is -0.497 e. The summed E-state index contributed by atoms with van der Waals surface area (Å²) < 4.78 is 10.7. The minimum absolute atomic E-state index is 0.136. The Labute approximate surface area is 159 Å². The van der Waals surface area contributed by atoms with Gasteiger partial charge < -0.3 is 25.0 Å². The molecule has 0 aromatic heterocycles. The van der Waals surface area contributed by atoms with Crippen LogP contribution in [0.15, 0.2) is 48.5 Å². The predicted molar refractivity (Wildman–Crippen MR) is 105 cm³/mol. The summed E-state index contributed by atoms with van der Waals surface area (Å²) in [6.45, 7) is 3.22. The third kappa shape index (κ3) is 6.22. The van der Waals surface area contributed by atoms with Gasteiger partial charge in [0.1, 0.15) is 18.1 Å². The fourth-order valence-corrected chi connectivity index (χ4v) is 2.26. The van der Waals surface area contributed by atoms with Gasteiger partial charge in [-0.1, -0.05) is 0 Å². The smallest absolute Gasteiger partial charge is 0.321 e. The summed E-state index contributed by atoms with van der Waals surface area (Å²) >= 11 is 0. The molecule has 144 valence electrons. The molecule has 2 N–H and O–H groups in total. The lowest BCUT2D eigenvalue weighted by atomic mass is 10.2. The van der Waals surface area contributed by atoms with Gasteiger partial charge in [0, 0.05) is 24.8 Å². The molecule has 2 aromatic rings. The lowest BCUT2D eigenvalue weighted by Crippen LogP contribution is -2.34. The number of carbonyl (C=O) groups excluding carboxylic acids is 2. The second-order valence-electron chi connectivity index (χ2n) is 5.81. The summed E-state index contributed by atoms with van der Waals surface area (Å²) in [6, 6.07) is 13.8. The number of methoxy groups -OCH3 is 1. The molecule has 0 aliphatic heterocycles. The molecule has 0 unspecified atom stereocenters. The molecule has 3 amide bonds. The summed E-state index contributed by atoms with van der Waals surface area (Å²) in [7, 11) is 3.30. The molecule has 0 atom stereocenters. The number of nitrogens with zero attached hydrogens (tertiary/aromatic N) is 1. The number of amides is 3. The van der Waals surface area contributed by atoms with Crippen molar-refractivity contribution in [1.82, 2.24) is 10.2 Å². The van der Waals surface area contributed by atoms with Gasteiger partial charge in [-0.3, -0.25) is 4.79 Å². The van der Waals surface area contributed by atoms with E-state index in [9.17, 15) is 9.59 Å². The van der Waals surface area contributed by atoms with Crippen LogP contribution in [-0.2, 0) is 0 Å². The Hall–Kier alpha value is -3.22. The van der Waals surface area contributed by atoms with Crippen molar-refractivity contribution in [3.8, 4) is 11.5 Å². The molecule has 7 nitrogen and oxygen atoms in total. The molecule has 0 bridgehead atoms. The molecular weight excluding hydrogens is 346 g/mol. The molecule has 0 spiro atoms. The van der Waals surface area contributed by atoms with Crippen molar-refractivity contribution < 1.29 is 19.1 Å². The third-order valence-corrected chi connectivity index (χ3v) is 3.84. The van der Waals surface area contributed by atoms with E-state index in [1.165, 1.54) is 4.90 Å². The predicted octanol–water partition coefficient (Wildman–Crippen LogP) is 2.99. The van der Waals surface area contributed by atoms with Crippen LogP contribution in [0.1, 0.15) is 17.3 Å². The van der Waals surface area contributed by atoms with Gasteiger partial charge in [-0.25, -0.2) is 4.79 Å². The Morgan fingerprint density at radius 3 is 2.22 bits per heavy atom. The third-order valence-electron chi connectivity index (χ3n) is 3.84. The fraction of sp³-hybridized carbons (Fsp3) is 0.300. The van der Waals surface area contributed by atoms with E-state index in [-0.39, 0.29) is 11.9 Å². The van der Waals surface area contributed by atoms with Crippen molar-refractivity contribution in [3.05, 3.63) is 54.1 Å². The van der Waals surface area contributed by atoms with Crippen molar-refractivity contribution in [2.45, 2.75) is 6.92 Å². The van der Waals surface area contributed by atoms with Crippen LogP contribution in [0.3, 0.4) is 0 Å². The standard InChI is InChI=1S/C20H25N3O4/c1-4-21-19(24)15-5-7-16(8-6-15)22-20(25)23(2)13-14-27-18-11-9-17(26-3)10-12-18/h5-12H,4,13-14H2,1-3H3,(H,21,24)(H,22,25). The van der Waals surface area contributed by atoms with Crippen LogP contribution in [0.4, 0.5) is 10.5 Å². The summed E-state index contributed by atoms with van der Waals surface area (Å²) in [5.41, 5.74) is 1.17. The highest BCUT2D eigenvalue weighted by molar-refractivity contribution is 5.95. The summed E-state index contributed by atoms with van der Waals surface area (Å²) in [5.74, 6) is 1.34. The van der Waals surface area contributed by atoms with Gasteiger partial charge in [-0.15, -0.1) is 0 Å². The molecule has 0 radical (unpaired) electrons. The van der Waals surface area contributed by atoms with Gasteiger partial charge in [0.2, 0.25) is 0 Å². The number of anilines is 1. The maximum atomic E-state index is 12.2. The molecule has 0 saturated carbocycles. The number of urea groups is 1. The first-order chi connectivity index (χ1) is 13.0. The van der Waals surface area contributed by atoms with Crippen molar-refractivity contribution >= 4 is 17.6 Å². The van der Waals surface area contributed by atoms with Crippen molar-refractivity contribution in [3.63, 3.8) is 0 Å². The van der Waals surface area contributed by atoms with E-state index in [2.05, 4.69) is 10.6 Å². The molecule has 0 heterocycles. The van der Waals surface area contributed by atoms with Crippen molar-refractivity contribution in [1.29, 1.82) is 0 Å². The molecule has 0 aliphatic carbocycles. The van der Waals surface area contributed by atoms with E-state index in [4.69, 9.17) is 9.47 Å². The van der Waals surface area contributed by atoms with Crippen LogP contribution in [0, 0.1) is 0 Å². The average molecular weight is 371 g/mol. The van der Waals surface area contributed by atoms with Crippen molar-refractivity contribution in [2.75, 3.05) is 39.2 Å². The number of likely N-dealkylation sites (N-methyl/N-ethyl adjacent to an activating group) is 1. The highest BCUT2D eigenvalue weighted by atomic mass is 16.5. The fourth-order valence-electron chi connectivity index (χ4n) is 2.26. The Balaban J connectivity index is 1.78. The van der Waals surface area contributed by atoms with Crippen LogP contribution in [0.5, 0.6) is 11.5 Å². The highest BCUT2D eigenvalue weighted by Crippen LogP contribution is 2.17. The number of hydrogen-bond acceptors (Lipinski definition) is 4. The summed E-state index contributed by atoms with van der Waals surface area (Å²) in [4.78, 5) is 25.5. The Morgan fingerprint density at radius 1 is 1.00 bits per heavy atom. The molecule has 0 aliphatic rings. The zero-order chi connectivity index (χ0) is 19.6. The number of rotatable bonds is 8. The number of ether oxygens (including phenoxy) is 2. The van der Waals surface area contributed by atoms with Gasteiger partial charge in [-0.05, 0) is 55.5 Å². The maximum absolute atomic E-state index is 12.2. The quantitative estimate of drug-likeness (QED) is 0.748. The zero-order valence-electron chi connectivity index (χ0n) is 15.8. The zero-order valence-corrected chi connectivity index (χ0v) is 15.8. The Kier molecular flexibility index (Phi) is 7.49. The molecule has 2 aromatic carbocycles. The topological polar surface area (TPSA) is 79.9 Å². The summed E-state index contributed by atoms with van der Waals surface area (Å²) in [5, 5.41) is 5.51. The first-order valence-electron chi connectivity index (χ1n) is 8.70. The van der Waals surface area contributed by atoms with E-state index >= 15 is 0 Å². The molecule has 0 saturated heterocycles. The van der Waals surface area contributed by atoms with Crippen LogP contribution in [0.2, 0.25) is 0 Å². The number of carbonyl (C=O) groups is 2. The summed E-state index contributed by atoms with van der Waals surface area (Å²) in [6.07, 6.45) is 0. The number of hydrogen-bond donors (Lipinski definition) is 2. The Morgan fingerprint density at radius 2 is 1.63 bits per heavy atom. The lowest BCUT2D eigenvalue weighted by molar-refractivity contribution is 0.0956. The van der Waals surface area contributed by atoms with Gasteiger partial charge >= 0.3 is 6.03 Å². The lowest BCUT2D eigenvalue weighted by Gasteiger charge is -2.18. The van der Waals surface area contributed by atoms with E-state index in [0.717, 1.165) is 5.75 Å². The van der Waals surface area contributed by atoms with Gasteiger partial charge in [0.15, 0.2) is 0 Å². The molecule has 2 rings (SSSR count). The number of nitrogens with one attached hydrogen (secondary N) is 2. The average Bonchev–Trinajstić information content (AvgIpc) is 2.69. The monoisotopic (exact) mass is 371 g/mol. The van der Waals surface area contributed by atoms with Gasteiger partial charge in [0.05, 0.1) is 13.7 Å². The highest BCUT2D eigenvalue weighted by Gasteiger charge is 2.10. The SMILES string of the molecule is CCNC(=O)c1ccc(NC(=O)N(C)CCOc2ccc(OC)cc2)cc1. The van der Waals surface area contributed by atoms with E-state index in [0.29, 0.717) is 36.7 Å². The first kappa shape index (κ1) is 20.1. The largest absolute Gasteiger partial charge is 0.497 e. The van der Waals surface area contributed by atoms with Gasteiger partial charge in [0.25, 0.3) is 5.91 Å². The van der Waals surface area contributed by atoms with E-state index < -0.39 is 0 Å². The minimum atomic E-state index is -0.251. The van der Waals surface area contributed by atoms with Crippen LogP contribution < -0.4 is 20.1 Å². The molecule has 27 heavy (non-hydrogen) atoms. The van der Waals surface area contributed by atoms with Crippen molar-refractivity contribution in [2.24, 2.45) is 0 Å². The van der Waals surface area contributed by atoms with E-state index in [1.807, 2.05) is 31.2 Å². The number of benzene rings is 2. The molecule has 0 fully saturated rings. The Bertz CT molecular complexity index is 745. The van der Waals surface area contributed by atoms with E-state index in [1.54, 1.807) is 38.4 Å². The molecular formula is C20H25N3O4. The first-order valence-corrected chi connectivity index (χ1v) is 8.70.